The Hall–Kier alpha value is -2.83. The Bertz CT molecular complexity index is 735. The van der Waals surface area contributed by atoms with Crippen molar-refractivity contribution in [3.05, 3.63) is 41.9 Å². The van der Waals surface area contributed by atoms with Gasteiger partial charge in [0.1, 0.15) is 11.5 Å². The Kier molecular flexibility index (Phi) is 7.85. The second-order valence-corrected chi connectivity index (χ2v) is 6.23. The van der Waals surface area contributed by atoms with Crippen molar-refractivity contribution >= 4 is 11.7 Å². The number of amides is 1. The minimum atomic E-state index is -0.104. The first-order valence-electron chi connectivity index (χ1n) is 9.11. The van der Waals surface area contributed by atoms with Crippen LogP contribution >= 0.6 is 0 Å². The molecule has 27 heavy (non-hydrogen) atoms. The highest BCUT2D eigenvalue weighted by atomic mass is 16.5. The highest BCUT2D eigenvalue weighted by Gasteiger charge is 2.13. The van der Waals surface area contributed by atoms with E-state index in [0.717, 1.165) is 31.4 Å². The molecule has 0 fully saturated rings. The fourth-order valence-electron chi connectivity index (χ4n) is 2.59. The Morgan fingerprint density at radius 2 is 1.93 bits per heavy atom. The van der Waals surface area contributed by atoms with Gasteiger partial charge in [0.25, 0.3) is 5.91 Å². The molecule has 0 radical (unpaired) electrons. The normalized spacial score (nSPS) is 10.4. The van der Waals surface area contributed by atoms with Gasteiger partial charge in [-0.3, -0.25) is 4.79 Å². The van der Waals surface area contributed by atoms with Crippen LogP contribution in [0.1, 0.15) is 35.8 Å². The molecule has 0 spiro atoms. The zero-order valence-electron chi connectivity index (χ0n) is 16.5. The zero-order valence-corrected chi connectivity index (χ0v) is 16.5. The molecule has 0 saturated heterocycles. The molecular formula is C20H28N4O3. The molecule has 0 saturated carbocycles. The number of aromatic nitrogens is 2. The van der Waals surface area contributed by atoms with Crippen molar-refractivity contribution in [3.63, 3.8) is 0 Å². The molecule has 0 unspecified atom stereocenters. The van der Waals surface area contributed by atoms with Crippen LogP contribution in [0.3, 0.4) is 0 Å². The van der Waals surface area contributed by atoms with Gasteiger partial charge in [-0.05, 0) is 30.5 Å². The number of carbonyl (C=O) groups excluding carboxylic acids is 1. The topological polar surface area (TPSA) is 76.6 Å². The number of hydrogen-bond donors (Lipinski definition) is 1. The number of ether oxygens (including phenoxy) is 2. The van der Waals surface area contributed by atoms with Crippen molar-refractivity contribution in [2.75, 3.05) is 39.7 Å². The number of benzene rings is 1. The van der Waals surface area contributed by atoms with E-state index in [4.69, 9.17) is 9.47 Å². The third kappa shape index (κ3) is 5.84. The zero-order chi connectivity index (χ0) is 19.6. The molecule has 1 amide bonds. The van der Waals surface area contributed by atoms with Gasteiger partial charge in [-0.2, -0.15) is 0 Å². The van der Waals surface area contributed by atoms with E-state index in [1.165, 1.54) is 6.20 Å². The SMILES string of the molecule is CCCCN(C)C(=O)c1cnc(NCCc2ccc(OC)c(OC)c2)cn1. The van der Waals surface area contributed by atoms with Gasteiger partial charge in [-0.25, -0.2) is 9.97 Å². The van der Waals surface area contributed by atoms with Crippen LogP contribution in [0.4, 0.5) is 5.82 Å². The van der Waals surface area contributed by atoms with Gasteiger partial charge in [-0.1, -0.05) is 19.4 Å². The molecule has 2 rings (SSSR count). The summed E-state index contributed by atoms with van der Waals surface area (Å²) in [6, 6.07) is 5.85. The van der Waals surface area contributed by atoms with Gasteiger partial charge in [-0.15, -0.1) is 0 Å². The van der Waals surface area contributed by atoms with Gasteiger partial charge < -0.3 is 19.7 Å². The molecule has 0 bridgehead atoms. The highest BCUT2D eigenvalue weighted by Crippen LogP contribution is 2.27. The summed E-state index contributed by atoms with van der Waals surface area (Å²) < 4.78 is 10.6. The van der Waals surface area contributed by atoms with E-state index in [1.807, 2.05) is 18.2 Å². The number of carbonyl (C=O) groups is 1. The Labute approximate surface area is 160 Å². The largest absolute Gasteiger partial charge is 0.493 e. The van der Waals surface area contributed by atoms with Crippen LogP contribution in [0.15, 0.2) is 30.6 Å². The van der Waals surface area contributed by atoms with Crippen molar-refractivity contribution in [3.8, 4) is 11.5 Å². The minimum absolute atomic E-state index is 0.104. The summed E-state index contributed by atoms with van der Waals surface area (Å²) in [4.78, 5) is 22.5. The van der Waals surface area contributed by atoms with Gasteiger partial charge in [0.15, 0.2) is 11.5 Å². The van der Waals surface area contributed by atoms with E-state index in [9.17, 15) is 4.79 Å². The summed E-state index contributed by atoms with van der Waals surface area (Å²) >= 11 is 0. The predicted molar refractivity (Wildman–Crippen MR) is 106 cm³/mol. The third-order valence-corrected chi connectivity index (χ3v) is 4.23. The molecule has 1 heterocycles. The number of methoxy groups -OCH3 is 2. The average molecular weight is 372 g/mol. The molecule has 0 aliphatic carbocycles. The molecule has 7 heteroatoms. The van der Waals surface area contributed by atoms with Crippen LogP contribution in [0.25, 0.3) is 0 Å². The summed E-state index contributed by atoms with van der Waals surface area (Å²) in [6.45, 7) is 3.51. The van der Waals surface area contributed by atoms with E-state index >= 15 is 0 Å². The smallest absolute Gasteiger partial charge is 0.273 e. The lowest BCUT2D eigenvalue weighted by Gasteiger charge is -2.16. The number of nitrogens with one attached hydrogen (secondary N) is 1. The standard InChI is InChI=1S/C20H28N4O3/c1-5-6-11-24(2)20(25)16-13-23-19(14-22-16)21-10-9-15-7-8-17(26-3)18(12-15)27-4/h7-8,12-14H,5-6,9-11H2,1-4H3,(H,21,23). The molecule has 0 aliphatic heterocycles. The molecule has 0 aliphatic rings. The van der Waals surface area contributed by atoms with Crippen LogP contribution in [0.5, 0.6) is 11.5 Å². The summed E-state index contributed by atoms with van der Waals surface area (Å²) in [7, 11) is 5.03. The lowest BCUT2D eigenvalue weighted by Crippen LogP contribution is -2.28. The van der Waals surface area contributed by atoms with Crippen LogP contribution < -0.4 is 14.8 Å². The maximum Gasteiger partial charge on any atom is 0.273 e. The van der Waals surface area contributed by atoms with Crippen LogP contribution in [-0.4, -0.2) is 55.1 Å². The first kappa shape index (κ1) is 20.5. The first-order valence-corrected chi connectivity index (χ1v) is 9.11. The molecule has 0 atom stereocenters. The maximum atomic E-state index is 12.3. The Balaban J connectivity index is 1.87. The number of hydrogen-bond acceptors (Lipinski definition) is 6. The number of unbranched alkanes of at least 4 members (excludes halogenated alkanes) is 1. The fraction of sp³-hybridized carbons (Fsp3) is 0.450. The monoisotopic (exact) mass is 372 g/mol. The summed E-state index contributed by atoms with van der Waals surface area (Å²) in [5.41, 5.74) is 1.48. The highest BCUT2D eigenvalue weighted by molar-refractivity contribution is 5.91. The fourth-order valence-corrected chi connectivity index (χ4v) is 2.59. The van der Waals surface area contributed by atoms with Crippen molar-refractivity contribution in [2.24, 2.45) is 0 Å². The van der Waals surface area contributed by atoms with Crippen molar-refractivity contribution in [1.82, 2.24) is 14.9 Å². The predicted octanol–water partition coefficient (Wildman–Crippen LogP) is 3.02. The molecule has 146 valence electrons. The van der Waals surface area contributed by atoms with E-state index in [-0.39, 0.29) is 5.91 Å². The van der Waals surface area contributed by atoms with Crippen molar-refractivity contribution in [2.45, 2.75) is 26.2 Å². The van der Waals surface area contributed by atoms with Gasteiger partial charge in [0.05, 0.1) is 26.6 Å². The first-order chi connectivity index (χ1) is 13.1. The van der Waals surface area contributed by atoms with Crippen molar-refractivity contribution in [1.29, 1.82) is 0 Å². The third-order valence-electron chi connectivity index (χ3n) is 4.23. The van der Waals surface area contributed by atoms with E-state index in [2.05, 4.69) is 22.2 Å². The molecule has 1 aromatic carbocycles. The molecule has 1 aromatic heterocycles. The van der Waals surface area contributed by atoms with Gasteiger partial charge >= 0.3 is 0 Å². The number of anilines is 1. The second kappa shape index (κ2) is 10.4. The second-order valence-electron chi connectivity index (χ2n) is 6.23. The molecule has 7 nitrogen and oxygen atoms in total. The lowest BCUT2D eigenvalue weighted by molar-refractivity contribution is 0.0787. The summed E-state index contributed by atoms with van der Waals surface area (Å²) in [5.74, 6) is 1.96. The summed E-state index contributed by atoms with van der Waals surface area (Å²) in [5, 5.41) is 3.22. The molecule has 1 N–H and O–H groups in total. The van der Waals surface area contributed by atoms with Gasteiger partial charge in [0.2, 0.25) is 0 Å². The van der Waals surface area contributed by atoms with E-state index in [1.54, 1.807) is 32.4 Å². The molecule has 2 aromatic rings. The quantitative estimate of drug-likeness (QED) is 0.691. The van der Waals surface area contributed by atoms with Crippen LogP contribution in [-0.2, 0) is 6.42 Å². The minimum Gasteiger partial charge on any atom is -0.493 e. The van der Waals surface area contributed by atoms with E-state index < -0.39 is 0 Å². The van der Waals surface area contributed by atoms with E-state index in [0.29, 0.717) is 29.6 Å². The number of nitrogens with zero attached hydrogens (tertiary/aromatic N) is 3. The maximum absolute atomic E-state index is 12.3. The lowest BCUT2D eigenvalue weighted by atomic mass is 10.1. The Morgan fingerprint density at radius 1 is 1.15 bits per heavy atom. The Morgan fingerprint density at radius 3 is 2.56 bits per heavy atom. The van der Waals surface area contributed by atoms with Gasteiger partial charge in [0, 0.05) is 20.1 Å². The summed E-state index contributed by atoms with van der Waals surface area (Å²) in [6.07, 6.45) is 5.93. The van der Waals surface area contributed by atoms with Crippen LogP contribution in [0.2, 0.25) is 0 Å². The van der Waals surface area contributed by atoms with Crippen molar-refractivity contribution < 1.29 is 14.3 Å². The molecular weight excluding hydrogens is 344 g/mol. The van der Waals surface area contributed by atoms with Crippen LogP contribution in [0, 0.1) is 0 Å². The average Bonchev–Trinajstić information content (AvgIpc) is 2.71. The number of rotatable bonds is 10.